The van der Waals surface area contributed by atoms with Crippen molar-refractivity contribution in [2.75, 3.05) is 0 Å². The first-order valence-corrected chi connectivity index (χ1v) is 9.55. The molecule has 3 aromatic rings. The van der Waals surface area contributed by atoms with E-state index in [0.717, 1.165) is 27.4 Å². The van der Waals surface area contributed by atoms with Crippen LogP contribution in [0.2, 0.25) is 0 Å². The molecule has 0 spiro atoms. The van der Waals surface area contributed by atoms with Crippen LogP contribution in [0.3, 0.4) is 0 Å². The van der Waals surface area contributed by atoms with E-state index in [1.807, 2.05) is 24.3 Å². The molecule has 0 radical (unpaired) electrons. The summed E-state index contributed by atoms with van der Waals surface area (Å²) in [7, 11) is 0. The average Bonchev–Trinajstić information content (AvgIpc) is 3.06. The Morgan fingerprint density at radius 2 is 1.75 bits per heavy atom. The average molecular weight is 403 g/mol. The zero-order valence-electron chi connectivity index (χ0n) is 15.3. The quantitative estimate of drug-likeness (QED) is 0.660. The first kappa shape index (κ1) is 19.9. The van der Waals surface area contributed by atoms with E-state index in [4.69, 9.17) is 0 Å². The van der Waals surface area contributed by atoms with Gasteiger partial charge in [-0.1, -0.05) is 32.0 Å². The Balaban J connectivity index is 1.69. The van der Waals surface area contributed by atoms with E-state index in [1.165, 1.54) is 17.4 Å². The molecule has 0 aliphatic heterocycles. The predicted molar refractivity (Wildman–Crippen MR) is 104 cm³/mol. The summed E-state index contributed by atoms with van der Waals surface area (Å²) in [5.74, 6) is -3.65. The van der Waals surface area contributed by atoms with Gasteiger partial charge in [0.2, 0.25) is 5.91 Å². The molecule has 3 rings (SSSR count). The summed E-state index contributed by atoms with van der Waals surface area (Å²) in [6.07, 6.45) is 0. The summed E-state index contributed by atoms with van der Waals surface area (Å²) in [5.41, 5.74) is 0.146. The molecule has 1 atom stereocenters. The molecule has 28 heavy (non-hydrogen) atoms. The Morgan fingerprint density at radius 3 is 2.39 bits per heavy atom. The van der Waals surface area contributed by atoms with Crippen LogP contribution in [-0.2, 0) is 11.3 Å². The van der Waals surface area contributed by atoms with Crippen molar-refractivity contribution in [2.45, 2.75) is 26.4 Å². The molecular weight excluding hydrogens is 384 g/mol. The predicted octanol–water partition coefficient (Wildman–Crippen LogP) is 3.65. The SMILES string of the molecule is CC(C)C(NC(=O)c1c(F)cccc1F)C(=O)NCc1nc2ccccc2s1. The maximum Gasteiger partial charge on any atom is 0.257 e. The summed E-state index contributed by atoms with van der Waals surface area (Å²) in [6.45, 7) is 3.67. The lowest BCUT2D eigenvalue weighted by Crippen LogP contribution is -2.49. The summed E-state index contributed by atoms with van der Waals surface area (Å²) in [5, 5.41) is 5.89. The highest BCUT2D eigenvalue weighted by Crippen LogP contribution is 2.21. The number of amides is 2. The molecule has 0 aliphatic rings. The normalized spacial score (nSPS) is 12.2. The Labute approximate surface area is 164 Å². The van der Waals surface area contributed by atoms with E-state index in [0.29, 0.717) is 0 Å². The van der Waals surface area contributed by atoms with E-state index in [9.17, 15) is 18.4 Å². The van der Waals surface area contributed by atoms with Gasteiger partial charge < -0.3 is 10.6 Å². The molecule has 0 fully saturated rings. The fraction of sp³-hybridized carbons (Fsp3) is 0.250. The van der Waals surface area contributed by atoms with Gasteiger partial charge in [0.1, 0.15) is 28.2 Å². The van der Waals surface area contributed by atoms with Crippen molar-refractivity contribution in [2.24, 2.45) is 5.92 Å². The van der Waals surface area contributed by atoms with Gasteiger partial charge >= 0.3 is 0 Å². The largest absolute Gasteiger partial charge is 0.348 e. The van der Waals surface area contributed by atoms with Gasteiger partial charge in [0, 0.05) is 0 Å². The van der Waals surface area contributed by atoms with Crippen LogP contribution < -0.4 is 10.6 Å². The highest BCUT2D eigenvalue weighted by atomic mass is 32.1. The maximum absolute atomic E-state index is 13.8. The molecule has 0 saturated heterocycles. The number of carbonyl (C=O) groups excluding carboxylic acids is 2. The standard InChI is InChI=1S/C20H19F2N3O2S/c1-11(2)18(25-19(26)17-12(21)6-5-7-13(17)22)20(27)23-10-16-24-14-8-3-4-9-15(14)28-16/h3-9,11,18H,10H2,1-2H3,(H,23,27)(H,25,26). The van der Waals surface area contributed by atoms with E-state index in [2.05, 4.69) is 15.6 Å². The minimum Gasteiger partial charge on any atom is -0.348 e. The third-order valence-corrected chi connectivity index (χ3v) is 5.21. The monoisotopic (exact) mass is 403 g/mol. The van der Waals surface area contributed by atoms with Crippen LogP contribution >= 0.6 is 11.3 Å². The number of halogens is 2. The van der Waals surface area contributed by atoms with Crippen LogP contribution in [0.25, 0.3) is 10.2 Å². The zero-order valence-corrected chi connectivity index (χ0v) is 16.1. The van der Waals surface area contributed by atoms with Crippen molar-refractivity contribution in [3.63, 3.8) is 0 Å². The number of benzene rings is 2. The van der Waals surface area contributed by atoms with Crippen molar-refractivity contribution in [3.8, 4) is 0 Å². The number of nitrogens with one attached hydrogen (secondary N) is 2. The van der Waals surface area contributed by atoms with Gasteiger partial charge in [-0.3, -0.25) is 9.59 Å². The van der Waals surface area contributed by atoms with Gasteiger partial charge in [-0.05, 0) is 30.2 Å². The molecule has 8 heteroatoms. The fourth-order valence-corrected chi connectivity index (χ4v) is 3.64. The third-order valence-electron chi connectivity index (χ3n) is 4.18. The lowest BCUT2D eigenvalue weighted by molar-refractivity contribution is -0.124. The second-order valence-electron chi connectivity index (χ2n) is 6.58. The molecule has 5 nitrogen and oxygen atoms in total. The molecule has 0 aliphatic carbocycles. The van der Waals surface area contributed by atoms with Crippen molar-refractivity contribution >= 4 is 33.4 Å². The highest BCUT2D eigenvalue weighted by Gasteiger charge is 2.27. The van der Waals surface area contributed by atoms with Crippen molar-refractivity contribution in [3.05, 3.63) is 64.7 Å². The van der Waals surface area contributed by atoms with Gasteiger partial charge in [0.05, 0.1) is 16.8 Å². The second kappa shape index (κ2) is 8.43. The van der Waals surface area contributed by atoms with Crippen LogP contribution in [0.4, 0.5) is 8.78 Å². The summed E-state index contributed by atoms with van der Waals surface area (Å²) in [4.78, 5) is 29.3. The molecule has 146 valence electrons. The maximum atomic E-state index is 13.8. The van der Waals surface area contributed by atoms with Gasteiger partial charge in [-0.2, -0.15) is 0 Å². The zero-order chi connectivity index (χ0) is 20.3. The van der Waals surface area contributed by atoms with E-state index in [1.54, 1.807) is 13.8 Å². The number of nitrogens with zero attached hydrogens (tertiary/aromatic N) is 1. The van der Waals surface area contributed by atoms with Crippen LogP contribution in [0, 0.1) is 17.6 Å². The number of aromatic nitrogens is 1. The number of carbonyl (C=O) groups is 2. The van der Waals surface area contributed by atoms with Gasteiger partial charge in [-0.15, -0.1) is 11.3 Å². The van der Waals surface area contributed by atoms with Gasteiger partial charge in [-0.25, -0.2) is 13.8 Å². The van der Waals surface area contributed by atoms with Crippen LogP contribution in [-0.4, -0.2) is 22.8 Å². The summed E-state index contributed by atoms with van der Waals surface area (Å²) >= 11 is 1.46. The Kier molecular flexibility index (Phi) is 5.99. The number of hydrogen-bond acceptors (Lipinski definition) is 4. The van der Waals surface area contributed by atoms with Crippen molar-refractivity contribution in [1.82, 2.24) is 15.6 Å². The molecule has 1 heterocycles. The van der Waals surface area contributed by atoms with Crippen LogP contribution in [0.5, 0.6) is 0 Å². The number of hydrogen-bond donors (Lipinski definition) is 2. The van der Waals surface area contributed by atoms with Gasteiger partial charge in [0.25, 0.3) is 5.91 Å². The molecule has 1 aromatic heterocycles. The smallest absolute Gasteiger partial charge is 0.257 e. The van der Waals surface area contributed by atoms with Gasteiger partial charge in [0.15, 0.2) is 0 Å². The van der Waals surface area contributed by atoms with E-state index >= 15 is 0 Å². The van der Waals surface area contributed by atoms with Crippen LogP contribution in [0.1, 0.15) is 29.2 Å². The number of rotatable bonds is 6. The lowest BCUT2D eigenvalue weighted by Gasteiger charge is -2.21. The number of fused-ring (bicyclic) bond motifs is 1. The molecular formula is C20H19F2N3O2S. The second-order valence-corrected chi connectivity index (χ2v) is 7.70. The molecule has 0 saturated carbocycles. The third kappa shape index (κ3) is 4.33. The summed E-state index contributed by atoms with van der Waals surface area (Å²) < 4.78 is 28.6. The molecule has 1 unspecified atom stereocenters. The molecule has 2 N–H and O–H groups in total. The molecule has 0 bridgehead atoms. The Hall–Kier alpha value is -2.87. The minimum atomic E-state index is -0.977. The fourth-order valence-electron chi connectivity index (χ4n) is 2.73. The Morgan fingerprint density at radius 1 is 1.07 bits per heavy atom. The lowest BCUT2D eigenvalue weighted by atomic mass is 10.0. The van der Waals surface area contributed by atoms with Crippen molar-refractivity contribution in [1.29, 1.82) is 0 Å². The topological polar surface area (TPSA) is 71.1 Å². The van der Waals surface area contributed by atoms with Crippen molar-refractivity contribution < 1.29 is 18.4 Å². The van der Waals surface area contributed by atoms with Crippen LogP contribution in [0.15, 0.2) is 42.5 Å². The van der Waals surface area contributed by atoms with E-state index in [-0.39, 0.29) is 12.5 Å². The first-order chi connectivity index (χ1) is 13.4. The number of para-hydroxylation sites is 1. The minimum absolute atomic E-state index is 0.200. The Bertz CT molecular complexity index is 966. The highest BCUT2D eigenvalue weighted by molar-refractivity contribution is 7.18. The first-order valence-electron chi connectivity index (χ1n) is 8.74. The molecule has 2 aromatic carbocycles. The number of thiazole rings is 1. The molecule has 2 amide bonds. The van der Waals surface area contributed by atoms with E-state index < -0.39 is 35.1 Å². The summed E-state index contributed by atoms with van der Waals surface area (Å²) in [6, 6.07) is 9.85.